The predicted octanol–water partition coefficient (Wildman–Crippen LogP) is 4.33. The van der Waals surface area contributed by atoms with Gasteiger partial charge in [0.25, 0.3) is 0 Å². The molecule has 3 rings (SSSR count). The number of carboxylic acids is 3. The van der Waals surface area contributed by atoms with E-state index >= 15 is 0 Å². The van der Waals surface area contributed by atoms with Crippen molar-refractivity contribution in [3.05, 3.63) is 0 Å². The lowest BCUT2D eigenvalue weighted by Crippen LogP contribution is -2.59. The number of nitrogens with one attached hydrogen (secondary N) is 3. The first-order valence-electron chi connectivity index (χ1n) is 18.7. The number of ether oxygens (including phenoxy) is 3. The number of hydrogen-bond acceptors (Lipinski definition) is 13. The number of aliphatic hydroxyl groups is 1. The molecule has 7 N–H and O–H groups in total. The largest absolute Gasteiger partial charge is 0.481 e. The topological polar surface area (TPSA) is 247 Å². The van der Waals surface area contributed by atoms with Gasteiger partial charge in [0.15, 0.2) is 5.60 Å². The lowest BCUT2D eigenvalue weighted by molar-refractivity contribution is -0.170. The van der Waals surface area contributed by atoms with E-state index in [1.807, 2.05) is 0 Å². The van der Waals surface area contributed by atoms with Gasteiger partial charge in [-0.1, -0.05) is 0 Å². The second kappa shape index (κ2) is 19.7. The molecule has 3 fully saturated rings. The SMILES string of the molecule is CC(=O)OC1CC(C)(C)NC(C)(C)C1.CC(=O)OC1CC(C)(C)NC(C)(C)C1.CC(=O)OC1CC(C)(C)NC(C)(C)C1.O=C(O)CC(O)(CC(=O)O)C(=O)O. The molecular formula is C39H71N3O13. The van der Waals surface area contributed by atoms with Crippen molar-refractivity contribution in [2.75, 3.05) is 0 Å². The number of carbonyl (C=O) groups is 6. The summed E-state index contributed by atoms with van der Waals surface area (Å²) in [6, 6.07) is 0. The third-order valence-corrected chi connectivity index (χ3v) is 8.74. The fourth-order valence-electron chi connectivity index (χ4n) is 8.35. The highest BCUT2D eigenvalue weighted by Gasteiger charge is 2.42. The summed E-state index contributed by atoms with van der Waals surface area (Å²) in [5, 5.41) is 44.4. The van der Waals surface area contributed by atoms with Gasteiger partial charge in [0, 0.05) is 92.5 Å². The molecule has 16 heteroatoms. The van der Waals surface area contributed by atoms with E-state index in [1.54, 1.807) is 0 Å². The smallest absolute Gasteiger partial charge is 0.336 e. The molecule has 3 heterocycles. The molecule has 0 aromatic heterocycles. The van der Waals surface area contributed by atoms with Crippen LogP contribution in [0.4, 0.5) is 0 Å². The molecule has 0 radical (unpaired) electrons. The van der Waals surface area contributed by atoms with Crippen LogP contribution in [0.15, 0.2) is 0 Å². The zero-order valence-electron chi connectivity index (χ0n) is 35.9. The molecule has 3 aliphatic heterocycles. The summed E-state index contributed by atoms with van der Waals surface area (Å²) in [5.41, 5.74) is -2.48. The van der Waals surface area contributed by atoms with Crippen LogP contribution in [0.5, 0.6) is 0 Å². The van der Waals surface area contributed by atoms with Crippen LogP contribution in [0.25, 0.3) is 0 Å². The third-order valence-electron chi connectivity index (χ3n) is 8.74. The minimum Gasteiger partial charge on any atom is -0.481 e. The molecule has 320 valence electrons. The van der Waals surface area contributed by atoms with Gasteiger partial charge in [-0.25, -0.2) is 4.79 Å². The number of rotatable bonds is 8. The molecule has 0 unspecified atom stereocenters. The Morgan fingerprint density at radius 2 is 0.655 bits per heavy atom. The molecule has 16 nitrogen and oxygen atoms in total. The van der Waals surface area contributed by atoms with Crippen LogP contribution in [-0.2, 0) is 43.0 Å². The first kappa shape index (κ1) is 51.7. The van der Waals surface area contributed by atoms with Crippen LogP contribution in [0.2, 0.25) is 0 Å². The Bertz CT molecular complexity index is 1170. The van der Waals surface area contributed by atoms with Gasteiger partial charge >= 0.3 is 35.8 Å². The Morgan fingerprint density at radius 3 is 0.782 bits per heavy atom. The summed E-state index contributed by atoms with van der Waals surface area (Å²) < 4.78 is 15.9. The predicted molar refractivity (Wildman–Crippen MR) is 205 cm³/mol. The van der Waals surface area contributed by atoms with E-state index in [0.29, 0.717) is 0 Å². The van der Waals surface area contributed by atoms with Crippen molar-refractivity contribution in [2.24, 2.45) is 0 Å². The van der Waals surface area contributed by atoms with Crippen molar-refractivity contribution in [3.8, 4) is 0 Å². The molecule has 0 spiro atoms. The molecule has 0 amide bonds. The maximum Gasteiger partial charge on any atom is 0.336 e. The van der Waals surface area contributed by atoms with Crippen molar-refractivity contribution in [1.29, 1.82) is 0 Å². The first-order valence-corrected chi connectivity index (χ1v) is 18.7. The van der Waals surface area contributed by atoms with Gasteiger partial charge < -0.3 is 50.6 Å². The van der Waals surface area contributed by atoms with Gasteiger partial charge in [-0.05, 0) is 83.1 Å². The Labute approximate surface area is 327 Å². The van der Waals surface area contributed by atoms with Crippen LogP contribution in [0, 0.1) is 0 Å². The number of carbonyl (C=O) groups excluding carboxylic acids is 3. The van der Waals surface area contributed by atoms with Crippen molar-refractivity contribution >= 4 is 35.8 Å². The summed E-state index contributed by atoms with van der Waals surface area (Å²) >= 11 is 0. The second-order valence-corrected chi connectivity index (χ2v) is 19.1. The Morgan fingerprint density at radius 1 is 0.473 bits per heavy atom. The average molecular weight is 790 g/mol. The van der Waals surface area contributed by atoms with E-state index in [0.717, 1.165) is 38.5 Å². The zero-order chi connectivity index (χ0) is 43.6. The zero-order valence-corrected chi connectivity index (χ0v) is 35.9. The fourth-order valence-corrected chi connectivity index (χ4v) is 8.35. The van der Waals surface area contributed by atoms with E-state index < -0.39 is 36.4 Å². The maximum atomic E-state index is 10.9. The molecule has 3 saturated heterocycles. The van der Waals surface area contributed by atoms with Crippen LogP contribution in [-0.4, -0.2) is 113 Å². The molecule has 0 aromatic rings. The molecule has 0 aliphatic carbocycles. The van der Waals surface area contributed by atoms with E-state index in [2.05, 4.69) is 99.0 Å². The molecule has 3 aliphatic rings. The minimum atomic E-state index is -2.74. The summed E-state index contributed by atoms with van der Waals surface area (Å²) in [5.74, 6) is -5.55. The van der Waals surface area contributed by atoms with E-state index in [1.165, 1.54) is 20.8 Å². The highest BCUT2D eigenvalue weighted by atomic mass is 16.6. The number of esters is 3. The highest BCUT2D eigenvalue weighted by Crippen LogP contribution is 2.32. The number of aliphatic carboxylic acids is 3. The van der Waals surface area contributed by atoms with Gasteiger partial charge in [-0.15, -0.1) is 0 Å². The van der Waals surface area contributed by atoms with Crippen molar-refractivity contribution in [1.82, 2.24) is 16.0 Å². The number of hydrogen-bond donors (Lipinski definition) is 7. The lowest BCUT2D eigenvalue weighted by atomic mass is 9.81. The van der Waals surface area contributed by atoms with Gasteiger partial charge in [0.1, 0.15) is 18.3 Å². The summed E-state index contributed by atoms with van der Waals surface area (Å²) in [6.45, 7) is 30.1. The van der Waals surface area contributed by atoms with Crippen molar-refractivity contribution < 1.29 is 63.4 Å². The van der Waals surface area contributed by atoms with Gasteiger partial charge in [-0.3, -0.25) is 24.0 Å². The quantitative estimate of drug-likeness (QED) is 0.134. The normalized spacial score (nSPS) is 22.3. The lowest BCUT2D eigenvalue weighted by Gasteiger charge is -2.45. The molecule has 0 aromatic carbocycles. The van der Waals surface area contributed by atoms with Crippen molar-refractivity contribution in [3.63, 3.8) is 0 Å². The fraction of sp³-hybridized carbons (Fsp3) is 0.846. The maximum absolute atomic E-state index is 10.9. The van der Waals surface area contributed by atoms with Crippen molar-refractivity contribution in [2.45, 2.75) is 212 Å². The van der Waals surface area contributed by atoms with Crippen LogP contribution >= 0.6 is 0 Å². The van der Waals surface area contributed by atoms with Gasteiger partial charge in [0.05, 0.1) is 12.8 Å². The Balaban J connectivity index is 0.000000707. The monoisotopic (exact) mass is 789 g/mol. The molecule has 0 bridgehead atoms. The van der Waals surface area contributed by atoms with Gasteiger partial charge in [-0.2, -0.15) is 0 Å². The number of carboxylic acid groups (broad SMARTS) is 3. The highest BCUT2D eigenvalue weighted by molar-refractivity contribution is 5.88. The molecule has 0 atom stereocenters. The third kappa shape index (κ3) is 22.7. The van der Waals surface area contributed by atoms with E-state index in [9.17, 15) is 28.8 Å². The standard InChI is InChI=1S/3C11H21NO2.C6H8O7/c3*1-8(13)14-9-6-10(2,3)12-11(4,5)7-9;7-3(8)1-6(13,5(11)12)2-4(9)10/h3*9,12H,6-7H2,1-5H3;13H,1-2H2,(H,7,8)(H,9,10)(H,11,12). The average Bonchev–Trinajstić information content (AvgIpc) is 2.81. The van der Waals surface area contributed by atoms with E-state index in [-0.39, 0.29) is 69.5 Å². The summed E-state index contributed by atoms with van der Waals surface area (Å²) in [6.07, 6.45) is 3.18. The molecular weight excluding hydrogens is 718 g/mol. The van der Waals surface area contributed by atoms with E-state index in [4.69, 9.17) is 34.6 Å². The second-order valence-electron chi connectivity index (χ2n) is 19.1. The van der Waals surface area contributed by atoms with Crippen LogP contribution in [0.3, 0.4) is 0 Å². The minimum absolute atomic E-state index is 0.0435. The Kier molecular flexibility index (Phi) is 18.5. The summed E-state index contributed by atoms with van der Waals surface area (Å²) in [4.78, 5) is 63.2. The molecule has 55 heavy (non-hydrogen) atoms. The van der Waals surface area contributed by atoms with Gasteiger partial charge in [0.2, 0.25) is 0 Å². The first-order chi connectivity index (χ1) is 24.4. The summed E-state index contributed by atoms with van der Waals surface area (Å²) in [7, 11) is 0. The molecule has 0 saturated carbocycles. The number of piperidine rings is 3. The Hall–Kier alpha value is -3.34. The van der Waals surface area contributed by atoms with Crippen LogP contribution in [0.1, 0.15) is 155 Å². The van der Waals surface area contributed by atoms with Crippen LogP contribution < -0.4 is 16.0 Å².